The van der Waals surface area contributed by atoms with Crippen LogP contribution in [0.5, 0.6) is 0 Å². The fraction of sp³-hybridized carbons (Fsp3) is 0.125. The quantitative estimate of drug-likeness (QED) is 0.912. The van der Waals surface area contributed by atoms with Crippen LogP contribution in [0.15, 0.2) is 32.0 Å². The van der Waals surface area contributed by atoms with E-state index in [0.29, 0.717) is 4.90 Å². The molecule has 0 aromatic heterocycles. The number of carbonyl (C=O) groups is 1. The molecule has 3 nitrogen and oxygen atoms in total. The van der Waals surface area contributed by atoms with Crippen molar-refractivity contribution in [3.8, 4) is 0 Å². The van der Waals surface area contributed by atoms with Crippen LogP contribution in [0, 0.1) is 0 Å². The van der Waals surface area contributed by atoms with Gasteiger partial charge in [-0.15, -0.1) is 0 Å². The maximum Gasteiger partial charge on any atom is 0.230 e. The Morgan fingerprint density at radius 2 is 2.00 bits per heavy atom. The highest BCUT2D eigenvalue weighted by molar-refractivity contribution is 9.13. The lowest BCUT2D eigenvalue weighted by atomic mass is 10.4. The van der Waals surface area contributed by atoms with Gasteiger partial charge in [0, 0.05) is 13.8 Å². The van der Waals surface area contributed by atoms with Gasteiger partial charge in [-0.3, -0.25) is 9.00 Å². The van der Waals surface area contributed by atoms with E-state index >= 15 is 0 Å². The van der Waals surface area contributed by atoms with Crippen LogP contribution in [0.1, 0.15) is 0 Å². The molecule has 1 aromatic rings. The van der Waals surface area contributed by atoms with Crippen molar-refractivity contribution >= 4 is 48.6 Å². The minimum Gasteiger partial charge on any atom is -0.369 e. The van der Waals surface area contributed by atoms with Gasteiger partial charge in [0.2, 0.25) is 5.91 Å². The highest BCUT2D eigenvalue weighted by Crippen LogP contribution is 2.25. The van der Waals surface area contributed by atoms with Crippen LogP contribution in [0.3, 0.4) is 0 Å². The predicted molar refractivity (Wildman–Crippen MR) is 62.3 cm³/mol. The van der Waals surface area contributed by atoms with Crippen LogP contribution in [0.4, 0.5) is 0 Å². The largest absolute Gasteiger partial charge is 0.369 e. The molecular weight excluding hydrogens is 334 g/mol. The summed E-state index contributed by atoms with van der Waals surface area (Å²) in [4.78, 5) is 11.1. The summed E-state index contributed by atoms with van der Waals surface area (Å²) in [5.41, 5.74) is 4.95. The van der Waals surface area contributed by atoms with Gasteiger partial charge in [0.25, 0.3) is 0 Å². The summed E-state index contributed by atoms with van der Waals surface area (Å²) in [7, 11) is -1.36. The van der Waals surface area contributed by atoms with Gasteiger partial charge in [0.05, 0.1) is 10.8 Å². The third kappa shape index (κ3) is 3.18. The highest BCUT2D eigenvalue weighted by atomic mass is 79.9. The summed E-state index contributed by atoms with van der Waals surface area (Å²) in [5, 5.41) is 0. The molecule has 1 amide bonds. The van der Waals surface area contributed by atoms with Gasteiger partial charge in [-0.2, -0.15) is 0 Å². The molecule has 1 rings (SSSR count). The summed E-state index contributed by atoms with van der Waals surface area (Å²) in [6.07, 6.45) is 0. The Labute approximate surface area is 101 Å². The Balaban J connectivity index is 2.91. The zero-order chi connectivity index (χ0) is 10.7. The first-order valence-electron chi connectivity index (χ1n) is 3.62. The van der Waals surface area contributed by atoms with E-state index in [1.54, 1.807) is 18.2 Å². The van der Waals surface area contributed by atoms with E-state index in [9.17, 15) is 9.00 Å². The Bertz CT molecular complexity index is 395. The van der Waals surface area contributed by atoms with Crippen molar-refractivity contribution in [1.82, 2.24) is 0 Å². The maximum atomic E-state index is 11.5. The summed E-state index contributed by atoms with van der Waals surface area (Å²) in [6, 6.07) is 5.15. The zero-order valence-electron chi connectivity index (χ0n) is 7.00. The number of amides is 1. The van der Waals surface area contributed by atoms with Gasteiger partial charge >= 0.3 is 0 Å². The van der Waals surface area contributed by atoms with Crippen LogP contribution in [0.2, 0.25) is 0 Å². The number of carbonyl (C=O) groups excluding carboxylic acids is 1. The minimum absolute atomic E-state index is 0.145. The Hall–Kier alpha value is -0.200. The summed E-state index contributed by atoms with van der Waals surface area (Å²) in [5.74, 6) is -0.712. The molecule has 0 aliphatic carbocycles. The average Bonchev–Trinajstić information content (AvgIpc) is 2.08. The van der Waals surface area contributed by atoms with E-state index in [-0.39, 0.29) is 5.75 Å². The molecule has 0 spiro atoms. The topological polar surface area (TPSA) is 60.2 Å². The third-order valence-electron chi connectivity index (χ3n) is 1.43. The number of halogens is 2. The summed E-state index contributed by atoms with van der Waals surface area (Å²) >= 11 is 6.57. The van der Waals surface area contributed by atoms with E-state index in [4.69, 9.17) is 5.73 Å². The monoisotopic (exact) mass is 339 g/mol. The third-order valence-corrected chi connectivity index (χ3v) is 4.63. The van der Waals surface area contributed by atoms with Crippen molar-refractivity contribution in [2.75, 3.05) is 5.75 Å². The predicted octanol–water partition coefficient (Wildman–Crippen LogP) is 1.80. The van der Waals surface area contributed by atoms with Crippen molar-refractivity contribution in [1.29, 1.82) is 0 Å². The molecule has 1 aromatic carbocycles. The molecule has 0 saturated heterocycles. The van der Waals surface area contributed by atoms with Crippen LogP contribution in [0.25, 0.3) is 0 Å². The first-order chi connectivity index (χ1) is 6.50. The Morgan fingerprint density at radius 1 is 1.36 bits per heavy atom. The number of hydrogen-bond acceptors (Lipinski definition) is 2. The lowest BCUT2D eigenvalue weighted by Crippen LogP contribution is -2.19. The lowest BCUT2D eigenvalue weighted by molar-refractivity contribution is -0.115. The van der Waals surface area contributed by atoms with Crippen molar-refractivity contribution in [2.24, 2.45) is 5.73 Å². The SMILES string of the molecule is NC(=O)CS(=O)c1ccc(Br)c(Br)c1. The van der Waals surface area contributed by atoms with Gasteiger partial charge in [-0.1, -0.05) is 0 Å². The molecule has 0 fully saturated rings. The number of nitrogens with two attached hydrogens (primary N) is 1. The van der Waals surface area contributed by atoms with Gasteiger partial charge < -0.3 is 5.73 Å². The molecule has 2 N–H and O–H groups in total. The minimum atomic E-state index is -1.36. The average molecular weight is 341 g/mol. The second-order valence-electron chi connectivity index (χ2n) is 2.53. The molecule has 1 unspecified atom stereocenters. The lowest BCUT2D eigenvalue weighted by Gasteiger charge is -2.01. The first-order valence-corrected chi connectivity index (χ1v) is 6.53. The van der Waals surface area contributed by atoms with Gasteiger partial charge in [0.1, 0.15) is 5.75 Å². The summed E-state index contributed by atoms with van der Waals surface area (Å²) in [6.45, 7) is 0. The van der Waals surface area contributed by atoms with E-state index in [0.717, 1.165) is 8.95 Å². The molecular formula is C8H7Br2NO2S. The zero-order valence-corrected chi connectivity index (χ0v) is 11.0. The Morgan fingerprint density at radius 3 is 2.50 bits per heavy atom. The number of rotatable bonds is 3. The van der Waals surface area contributed by atoms with Crippen LogP contribution in [-0.2, 0) is 15.6 Å². The first kappa shape index (κ1) is 11.9. The Kier molecular flexibility index (Phi) is 4.28. The van der Waals surface area contributed by atoms with E-state index in [1.165, 1.54) is 0 Å². The molecule has 0 aliphatic rings. The molecule has 0 aliphatic heterocycles. The highest BCUT2D eigenvalue weighted by Gasteiger charge is 2.08. The van der Waals surface area contributed by atoms with Crippen LogP contribution in [-0.4, -0.2) is 15.9 Å². The second-order valence-corrected chi connectivity index (χ2v) is 5.69. The number of primary amides is 1. The van der Waals surface area contributed by atoms with Crippen molar-refractivity contribution in [3.63, 3.8) is 0 Å². The van der Waals surface area contributed by atoms with Gasteiger partial charge in [0.15, 0.2) is 0 Å². The number of hydrogen-bond donors (Lipinski definition) is 1. The smallest absolute Gasteiger partial charge is 0.230 e. The maximum absolute atomic E-state index is 11.5. The van der Waals surface area contributed by atoms with E-state index < -0.39 is 16.7 Å². The summed E-state index contributed by atoms with van der Waals surface area (Å²) < 4.78 is 13.2. The van der Waals surface area contributed by atoms with Gasteiger partial charge in [-0.05, 0) is 50.1 Å². The fourth-order valence-electron chi connectivity index (χ4n) is 0.831. The van der Waals surface area contributed by atoms with E-state index in [1.807, 2.05) is 0 Å². The normalized spacial score (nSPS) is 12.4. The fourth-order valence-corrected chi connectivity index (χ4v) is 2.50. The molecule has 6 heteroatoms. The van der Waals surface area contributed by atoms with Crippen molar-refractivity contribution in [2.45, 2.75) is 4.90 Å². The molecule has 0 heterocycles. The second kappa shape index (κ2) is 5.04. The molecule has 0 radical (unpaired) electrons. The van der Waals surface area contributed by atoms with E-state index in [2.05, 4.69) is 31.9 Å². The molecule has 0 bridgehead atoms. The van der Waals surface area contributed by atoms with Crippen LogP contribution < -0.4 is 5.73 Å². The molecule has 76 valence electrons. The molecule has 14 heavy (non-hydrogen) atoms. The molecule has 0 saturated carbocycles. The molecule has 1 atom stereocenters. The standard InChI is InChI=1S/C8H7Br2NO2S/c9-6-2-1-5(3-7(6)10)14(13)4-8(11)12/h1-3H,4H2,(H2,11,12). The van der Waals surface area contributed by atoms with Crippen molar-refractivity contribution in [3.05, 3.63) is 27.1 Å². The van der Waals surface area contributed by atoms with Crippen molar-refractivity contribution < 1.29 is 9.00 Å². The van der Waals surface area contributed by atoms with Crippen LogP contribution >= 0.6 is 31.9 Å². The number of benzene rings is 1. The van der Waals surface area contributed by atoms with Gasteiger partial charge in [-0.25, -0.2) is 0 Å².